The van der Waals surface area contributed by atoms with E-state index in [2.05, 4.69) is 20.2 Å². The van der Waals surface area contributed by atoms with Gasteiger partial charge in [0.15, 0.2) is 17.2 Å². The Kier molecular flexibility index (Phi) is 3.63. The van der Waals surface area contributed by atoms with E-state index in [1.54, 1.807) is 0 Å². The molecular formula is C16H15F2N5O2. The van der Waals surface area contributed by atoms with Gasteiger partial charge in [0.05, 0.1) is 19.3 Å². The number of nitrogens with one attached hydrogen (secondary N) is 2. The van der Waals surface area contributed by atoms with Crippen molar-refractivity contribution in [3.05, 3.63) is 45.9 Å². The minimum absolute atomic E-state index is 0.146. The molecule has 25 heavy (non-hydrogen) atoms. The number of methoxy groups -OCH3 is 1. The SMILES string of the molecule is COc1cc(C2CCCN2c2nc3[nH]ncc3c(=O)[nH]2)cc(F)c1F. The highest BCUT2D eigenvalue weighted by atomic mass is 19.2. The van der Waals surface area contributed by atoms with Crippen LogP contribution in [0.4, 0.5) is 14.7 Å². The Balaban J connectivity index is 1.77. The van der Waals surface area contributed by atoms with Crippen molar-refractivity contribution in [1.82, 2.24) is 20.2 Å². The summed E-state index contributed by atoms with van der Waals surface area (Å²) in [6.45, 7) is 0.633. The first kappa shape index (κ1) is 15.6. The van der Waals surface area contributed by atoms with Gasteiger partial charge in [-0.15, -0.1) is 0 Å². The fourth-order valence-corrected chi connectivity index (χ4v) is 3.26. The molecule has 3 aromatic rings. The monoisotopic (exact) mass is 347 g/mol. The van der Waals surface area contributed by atoms with Gasteiger partial charge in [0.25, 0.3) is 5.56 Å². The highest BCUT2D eigenvalue weighted by Gasteiger charge is 2.30. The van der Waals surface area contributed by atoms with E-state index in [1.165, 1.54) is 19.4 Å². The summed E-state index contributed by atoms with van der Waals surface area (Å²) in [5.74, 6) is -1.76. The van der Waals surface area contributed by atoms with Gasteiger partial charge in [0, 0.05) is 6.54 Å². The summed E-state index contributed by atoms with van der Waals surface area (Å²) in [6.07, 6.45) is 2.96. The molecule has 0 amide bonds. The third-order valence-corrected chi connectivity index (χ3v) is 4.45. The van der Waals surface area contributed by atoms with E-state index in [4.69, 9.17) is 4.74 Å². The quantitative estimate of drug-likeness (QED) is 0.759. The van der Waals surface area contributed by atoms with Gasteiger partial charge < -0.3 is 9.64 Å². The number of fused-ring (bicyclic) bond motifs is 1. The van der Waals surface area contributed by atoms with Crippen molar-refractivity contribution in [2.75, 3.05) is 18.6 Å². The van der Waals surface area contributed by atoms with Crippen molar-refractivity contribution < 1.29 is 13.5 Å². The van der Waals surface area contributed by atoms with Crippen molar-refractivity contribution in [2.45, 2.75) is 18.9 Å². The Morgan fingerprint density at radius 2 is 2.20 bits per heavy atom. The molecule has 3 heterocycles. The lowest BCUT2D eigenvalue weighted by atomic mass is 10.0. The molecule has 130 valence electrons. The van der Waals surface area contributed by atoms with Gasteiger partial charge in [0.1, 0.15) is 5.39 Å². The standard InChI is InChI=1S/C16H15F2N5O2/c1-25-12-6-8(5-10(17)13(12)18)11-3-2-4-23(11)16-20-14-9(7-19-22-14)15(24)21-16/h5-7,11H,2-4H2,1H3,(H2,19,20,21,22,24). The van der Waals surface area contributed by atoms with Crippen molar-refractivity contribution in [3.63, 3.8) is 0 Å². The fraction of sp³-hybridized carbons (Fsp3) is 0.312. The summed E-state index contributed by atoms with van der Waals surface area (Å²) in [5.41, 5.74) is 0.648. The van der Waals surface area contributed by atoms with Gasteiger partial charge in [-0.1, -0.05) is 0 Å². The Bertz CT molecular complexity index is 1000. The lowest BCUT2D eigenvalue weighted by Gasteiger charge is -2.25. The van der Waals surface area contributed by atoms with E-state index >= 15 is 0 Å². The van der Waals surface area contributed by atoms with Crippen LogP contribution < -0.4 is 15.2 Å². The maximum Gasteiger partial charge on any atom is 0.263 e. The summed E-state index contributed by atoms with van der Waals surface area (Å²) in [4.78, 5) is 21.1. The summed E-state index contributed by atoms with van der Waals surface area (Å²) >= 11 is 0. The van der Waals surface area contributed by atoms with Crippen LogP contribution in [0.25, 0.3) is 11.0 Å². The molecule has 7 nitrogen and oxygen atoms in total. The molecule has 0 aliphatic carbocycles. The van der Waals surface area contributed by atoms with Crippen LogP contribution in [-0.2, 0) is 0 Å². The lowest BCUT2D eigenvalue weighted by molar-refractivity contribution is 0.370. The van der Waals surface area contributed by atoms with E-state index in [-0.39, 0.29) is 17.4 Å². The fourth-order valence-electron chi connectivity index (χ4n) is 3.26. The first-order valence-electron chi connectivity index (χ1n) is 7.81. The van der Waals surface area contributed by atoms with Gasteiger partial charge in [-0.2, -0.15) is 14.5 Å². The Labute approximate surface area is 140 Å². The largest absolute Gasteiger partial charge is 0.494 e. The van der Waals surface area contributed by atoms with Crippen LogP contribution in [-0.4, -0.2) is 33.8 Å². The van der Waals surface area contributed by atoms with Crippen LogP contribution >= 0.6 is 0 Å². The van der Waals surface area contributed by atoms with Crippen LogP contribution in [0.3, 0.4) is 0 Å². The highest BCUT2D eigenvalue weighted by molar-refractivity contribution is 5.73. The minimum atomic E-state index is -1.01. The van der Waals surface area contributed by atoms with Crippen LogP contribution in [0.2, 0.25) is 0 Å². The van der Waals surface area contributed by atoms with Crippen molar-refractivity contribution in [3.8, 4) is 5.75 Å². The number of H-pyrrole nitrogens is 2. The predicted molar refractivity (Wildman–Crippen MR) is 86.7 cm³/mol. The second-order valence-electron chi connectivity index (χ2n) is 5.89. The van der Waals surface area contributed by atoms with Gasteiger partial charge in [-0.25, -0.2) is 4.39 Å². The highest BCUT2D eigenvalue weighted by Crippen LogP contribution is 2.37. The Morgan fingerprint density at radius 3 is 3.00 bits per heavy atom. The van der Waals surface area contributed by atoms with Crippen LogP contribution in [0.15, 0.2) is 23.1 Å². The second-order valence-corrected chi connectivity index (χ2v) is 5.89. The molecule has 0 bridgehead atoms. The van der Waals surface area contributed by atoms with Crippen LogP contribution in [0.1, 0.15) is 24.4 Å². The molecule has 1 aliphatic rings. The van der Waals surface area contributed by atoms with E-state index < -0.39 is 11.6 Å². The molecule has 1 saturated heterocycles. The van der Waals surface area contributed by atoms with Crippen LogP contribution in [0, 0.1) is 11.6 Å². The van der Waals surface area contributed by atoms with Crippen molar-refractivity contribution in [2.24, 2.45) is 0 Å². The first-order valence-corrected chi connectivity index (χ1v) is 7.81. The number of hydrogen-bond donors (Lipinski definition) is 2. The number of rotatable bonds is 3. The summed E-state index contributed by atoms with van der Waals surface area (Å²) in [7, 11) is 1.29. The number of benzene rings is 1. The molecule has 4 rings (SSSR count). The second kappa shape index (κ2) is 5.83. The maximum atomic E-state index is 13.9. The molecule has 1 fully saturated rings. The zero-order valence-electron chi connectivity index (χ0n) is 13.3. The van der Waals surface area contributed by atoms with Gasteiger partial charge in [-0.05, 0) is 30.5 Å². The number of hydrogen-bond acceptors (Lipinski definition) is 5. The molecule has 9 heteroatoms. The molecule has 1 aromatic carbocycles. The van der Waals surface area contributed by atoms with Crippen molar-refractivity contribution >= 4 is 17.0 Å². The third kappa shape index (κ3) is 2.51. The van der Waals surface area contributed by atoms with Gasteiger partial charge >= 0.3 is 0 Å². The molecule has 1 atom stereocenters. The number of anilines is 1. The van der Waals surface area contributed by atoms with Gasteiger partial charge in [-0.3, -0.25) is 14.9 Å². The molecule has 0 spiro atoms. The van der Waals surface area contributed by atoms with E-state index in [9.17, 15) is 13.6 Å². The van der Waals surface area contributed by atoms with E-state index in [0.29, 0.717) is 29.1 Å². The number of aromatic nitrogens is 4. The zero-order chi connectivity index (χ0) is 17.6. The minimum Gasteiger partial charge on any atom is -0.494 e. The molecule has 1 aliphatic heterocycles. The van der Waals surface area contributed by atoms with Gasteiger partial charge in [0.2, 0.25) is 11.8 Å². The molecule has 0 radical (unpaired) electrons. The first-order chi connectivity index (χ1) is 12.1. The van der Waals surface area contributed by atoms with Crippen molar-refractivity contribution in [1.29, 1.82) is 0 Å². The number of aromatic amines is 2. The molecular weight excluding hydrogens is 332 g/mol. The Morgan fingerprint density at radius 1 is 1.36 bits per heavy atom. The number of nitrogens with zero attached hydrogens (tertiary/aromatic N) is 3. The molecule has 2 N–H and O–H groups in total. The molecule has 2 aromatic heterocycles. The number of ether oxygens (including phenoxy) is 1. The summed E-state index contributed by atoms with van der Waals surface area (Å²) in [6, 6.07) is 2.40. The normalized spacial score (nSPS) is 17.4. The third-order valence-electron chi connectivity index (χ3n) is 4.45. The van der Waals surface area contributed by atoms with E-state index in [0.717, 1.165) is 18.9 Å². The predicted octanol–water partition coefficient (Wildman–Crippen LogP) is 2.27. The average Bonchev–Trinajstić information content (AvgIpc) is 3.26. The lowest BCUT2D eigenvalue weighted by Crippen LogP contribution is -2.27. The molecule has 0 saturated carbocycles. The summed E-state index contributed by atoms with van der Waals surface area (Å²) < 4.78 is 32.5. The maximum absolute atomic E-state index is 13.9. The average molecular weight is 347 g/mol. The smallest absolute Gasteiger partial charge is 0.263 e. The topological polar surface area (TPSA) is 86.9 Å². The summed E-state index contributed by atoms with van der Waals surface area (Å²) in [5, 5.41) is 6.86. The molecule has 1 unspecified atom stereocenters. The zero-order valence-corrected chi connectivity index (χ0v) is 13.3. The van der Waals surface area contributed by atoms with Crippen LogP contribution in [0.5, 0.6) is 5.75 Å². The van der Waals surface area contributed by atoms with E-state index in [1.807, 2.05) is 4.90 Å². The Hall–Kier alpha value is -2.97. The number of halogens is 2.